The molecule has 4 nitrogen and oxygen atoms in total. The first-order valence-corrected chi connectivity index (χ1v) is 5.38. The summed E-state index contributed by atoms with van der Waals surface area (Å²) in [7, 11) is 0. The maximum Gasteiger partial charge on any atom is 0.308 e. The van der Waals surface area contributed by atoms with E-state index in [1.165, 1.54) is 6.20 Å². The fourth-order valence-corrected chi connectivity index (χ4v) is 1.88. The molecule has 16 heavy (non-hydrogen) atoms. The van der Waals surface area contributed by atoms with Crippen LogP contribution in [0.15, 0.2) is 39.5 Å². The average Bonchev–Trinajstić information content (AvgIpc) is 2.66. The van der Waals surface area contributed by atoms with Crippen LogP contribution in [-0.4, -0.2) is 16.2 Å². The van der Waals surface area contributed by atoms with Crippen molar-refractivity contribution < 1.29 is 14.4 Å². The predicted molar refractivity (Wildman–Crippen MR) is 61.0 cm³/mol. The lowest BCUT2D eigenvalue weighted by Gasteiger charge is -2.01. The molecule has 0 atom stereocenters. The summed E-state index contributed by atoms with van der Waals surface area (Å²) in [5.74, 6) is -0.411. The number of carbonyl (C=O) groups is 1. The quantitative estimate of drug-likeness (QED) is 0.940. The van der Waals surface area contributed by atoms with Gasteiger partial charge in [-0.1, -0.05) is 33.2 Å². The first-order chi connectivity index (χ1) is 7.68. The largest absolute Gasteiger partial charge is 0.481 e. The normalized spacial score (nSPS) is 10.3. The smallest absolute Gasteiger partial charge is 0.308 e. The molecule has 1 N–H and O–H groups in total. The lowest BCUT2D eigenvalue weighted by molar-refractivity contribution is -0.136. The minimum atomic E-state index is -0.906. The molecule has 0 spiro atoms. The fourth-order valence-electron chi connectivity index (χ4n) is 1.42. The molecular formula is C11H8BrNO3. The number of aliphatic carboxylic acids is 1. The number of nitrogens with zero attached hydrogens (tertiary/aromatic N) is 1. The molecule has 0 aliphatic heterocycles. The topological polar surface area (TPSA) is 63.3 Å². The van der Waals surface area contributed by atoms with Gasteiger partial charge in [0.2, 0.25) is 0 Å². The van der Waals surface area contributed by atoms with Crippen LogP contribution in [0, 0.1) is 0 Å². The van der Waals surface area contributed by atoms with Gasteiger partial charge in [0.1, 0.15) is 0 Å². The van der Waals surface area contributed by atoms with Crippen LogP contribution in [0.1, 0.15) is 5.56 Å². The maximum atomic E-state index is 10.7. The van der Waals surface area contributed by atoms with E-state index in [0.717, 1.165) is 10.0 Å². The number of carboxylic acids is 1. The molecule has 0 fully saturated rings. The molecule has 0 aliphatic carbocycles. The molecule has 2 aromatic rings. The van der Waals surface area contributed by atoms with Gasteiger partial charge in [-0.05, 0) is 12.1 Å². The third-order valence-corrected chi connectivity index (χ3v) is 2.80. The molecule has 0 amide bonds. The number of rotatable bonds is 3. The van der Waals surface area contributed by atoms with Crippen LogP contribution in [0.2, 0.25) is 0 Å². The number of carboxylic acid groups (broad SMARTS) is 1. The van der Waals surface area contributed by atoms with Gasteiger partial charge in [-0.2, -0.15) is 0 Å². The molecule has 0 bridgehead atoms. The molecule has 1 heterocycles. The summed E-state index contributed by atoms with van der Waals surface area (Å²) in [4.78, 5) is 10.7. The van der Waals surface area contributed by atoms with Crippen LogP contribution in [0.25, 0.3) is 11.3 Å². The Hall–Kier alpha value is -1.62. The van der Waals surface area contributed by atoms with E-state index in [1.54, 1.807) is 0 Å². The highest BCUT2D eigenvalue weighted by Crippen LogP contribution is 2.30. The van der Waals surface area contributed by atoms with Gasteiger partial charge in [0, 0.05) is 15.6 Å². The summed E-state index contributed by atoms with van der Waals surface area (Å²) in [6.45, 7) is 0. The maximum absolute atomic E-state index is 10.7. The molecule has 1 aromatic carbocycles. The second-order valence-electron chi connectivity index (χ2n) is 3.23. The van der Waals surface area contributed by atoms with Gasteiger partial charge < -0.3 is 9.63 Å². The second-order valence-corrected chi connectivity index (χ2v) is 4.08. The van der Waals surface area contributed by atoms with Gasteiger partial charge in [0.25, 0.3) is 0 Å². The van der Waals surface area contributed by atoms with E-state index in [1.807, 2.05) is 24.3 Å². The first kappa shape index (κ1) is 10.9. The number of benzene rings is 1. The minimum absolute atomic E-state index is 0.0971. The SMILES string of the molecule is O=C(O)Cc1cnoc1-c1ccccc1Br. The van der Waals surface area contributed by atoms with E-state index in [2.05, 4.69) is 21.1 Å². The Morgan fingerprint density at radius 2 is 2.19 bits per heavy atom. The van der Waals surface area contributed by atoms with Gasteiger partial charge in [0.05, 0.1) is 12.6 Å². The zero-order chi connectivity index (χ0) is 11.5. The highest BCUT2D eigenvalue weighted by Gasteiger charge is 2.15. The van der Waals surface area contributed by atoms with Gasteiger partial charge >= 0.3 is 5.97 Å². The lowest BCUT2D eigenvalue weighted by atomic mass is 10.1. The summed E-state index contributed by atoms with van der Waals surface area (Å²) in [5.41, 5.74) is 1.37. The molecule has 5 heteroatoms. The van der Waals surface area contributed by atoms with Crippen molar-refractivity contribution in [3.8, 4) is 11.3 Å². The van der Waals surface area contributed by atoms with E-state index in [-0.39, 0.29) is 6.42 Å². The molecule has 0 aliphatic rings. The molecule has 0 unspecified atom stereocenters. The number of hydrogen-bond acceptors (Lipinski definition) is 3. The van der Waals surface area contributed by atoms with Crippen molar-refractivity contribution in [3.05, 3.63) is 40.5 Å². The zero-order valence-electron chi connectivity index (χ0n) is 8.18. The Kier molecular flexibility index (Phi) is 3.05. The molecule has 0 saturated carbocycles. The molecule has 0 saturated heterocycles. The first-order valence-electron chi connectivity index (χ1n) is 4.58. The van der Waals surface area contributed by atoms with Crippen molar-refractivity contribution in [2.45, 2.75) is 6.42 Å². The summed E-state index contributed by atoms with van der Waals surface area (Å²) < 4.78 is 5.93. The summed E-state index contributed by atoms with van der Waals surface area (Å²) in [6, 6.07) is 7.44. The van der Waals surface area contributed by atoms with E-state index in [4.69, 9.17) is 9.63 Å². The Bertz CT molecular complexity index is 521. The van der Waals surface area contributed by atoms with Crippen molar-refractivity contribution in [2.75, 3.05) is 0 Å². The van der Waals surface area contributed by atoms with Crippen LogP contribution in [0.5, 0.6) is 0 Å². The van der Waals surface area contributed by atoms with E-state index < -0.39 is 5.97 Å². The van der Waals surface area contributed by atoms with Crippen molar-refractivity contribution >= 4 is 21.9 Å². The van der Waals surface area contributed by atoms with Crippen LogP contribution in [0.4, 0.5) is 0 Å². The number of halogens is 1. The third kappa shape index (κ3) is 2.14. The van der Waals surface area contributed by atoms with Gasteiger partial charge in [-0.15, -0.1) is 0 Å². The molecule has 1 aromatic heterocycles. The highest BCUT2D eigenvalue weighted by molar-refractivity contribution is 9.10. The predicted octanol–water partition coefficient (Wildman–Crippen LogP) is 2.73. The van der Waals surface area contributed by atoms with E-state index in [9.17, 15) is 4.79 Å². The Morgan fingerprint density at radius 3 is 2.88 bits per heavy atom. The van der Waals surface area contributed by atoms with Crippen molar-refractivity contribution in [1.82, 2.24) is 5.16 Å². The fraction of sp³-hybridized carbons (Fsp3) is 0.0909. The molecular weight excluding hydrogens is 274 g/mol. The van der Waals surface area contributed by atoms with Crippen LogP contribution in [-0.2, 0) is 11.2 Å². The summed E-state index contributed by atoms with van der Waals surface area (Å²) in [5, 5.41) is 12.4. The van der Waals surface area contributed by atoms with Crippen LogP contribution in [0.3, 0.4) is 0 Å². The summed E-state index contributed by atoms with van der Waals surface area (Å²) in [6.07, 6.45) is 1.34. The monoisotopic (exact) mass is 281 g/mol. The van der Waals surface area contributed by atoms with Crippen LogP contribution >= 0.6 is 15.9 Å². The second kappa shape index (κ2) is 4.49. The molecule has 0 radical (unpaired) electrons. The van der Waals surface area contributed by atoms with Gasteiger partial charge in [-0.3, -0.25) is 4.79 Å². The minimum Gasteiger partial charge on any atom is -0.481 e. The molecule has 82 valence electrons. The third-order valence-electron chi connectivity index (χ3n) is 2.10. The summed E-state index contributed by atoms with van der Waals surface area (Å²) >= 11 is 3.38. The molecule has 2 rings (SSSR count). The van der Waals surface area contributed by atoms with Crippen molar-refractivity contribution in [2.24, 2.45) is 0 Å². The van der Waals surface area contributed by atoms with Gasteiger partial charge in [-0.25, -0.2) is 0 Å². The zero-order valence-corrected chi connectivity index (χ0v) is 9.77. The Labute approximate surface area is 100 Å². The number of aromatic nitrogens is 1. The number of hydrogen-bond donors (Lipinski definition) is 1. The highest BCUT2D eigenvalue weighted by atomic mass is 79.9. The van der Waals surface area contributed by atoms with Crippen molar-refractivity contribution in [1.29, 1.82) is 0 Å². The Morgan fingerprint density at radius 1 is 1.44 bits per heavy atom. The standard InChI is InChI=1S/C11H8BrNO3/c12-9-4-2-1-3-8(9)11-7(5-10(14)15)6-13-16-11/h1-4,6H,5H2,(H,14,15). The van der Waals surface area contributed by atoms with Gasteiger partial charge in [0.15, 0.2) is 5.76 Å². The van der Waals surface area contributed by atoms with E-state index in [0.29, 0.717) is 11.3 Å². The lowest BCUT2D eigenvalue weighted by Crippen LogP contribution is -2.00. The van der Waals surface area contributed by atoms with E-state index >= 15 is 0 Å². The van der Waals surface area contributed by atoms with Crippen molar-refractivity contribution in [3.63, 3.8) is 0 Å². The van der Waals surface area contributed by atoms with Crippen LogP contribution < -0.4 is 0 Å². The Balaban J connectivity index is 2.45. The average molecular weight is 282 g/mol.